The predicted octanol–water partition coefficient (Wildman–Crippen LogP) is 3.15. The van der Waals surface area contributed by atoms with Crippen LogP contribution in [-0.2, 0) is 23.0 Å². The lowest BCUT2D eigenvalue weighted by molar-refractivity contribution is -0.131. The first-order valence-corrected chi connectivity index (χ1v) is 9.07. The van der Waals surface area contributed by atoms with Crippen LogP contribution in [0.3, 0.4) is 0 Å². The van der Waals surface area contributed by atoms with E-state index in [2.05, 4.69) is 0 Å². The van der Waals surface area contributed by atoms with Gasteiger partial charge in [-0.15, -0.1) is 0 Å². The standard InChI is InChI=1S/C19H30N2O3/c1-5-24-19(23)18-14(2)16(15(3)20(18)4)10-11-17(22)21-12-8-6-7-9-13-21/h5-13H2,1-4H3. The maximum atomic E-state index is 12.5. The number of ether oxygens (including phenoxy) is 1. The lowest BCUT2D eigenvalue weighted by Gasteiger charge is -2.20. The number of likely N-dealkylation sites (tertiary alicyclic amines) is 1. The van der Waals surface area contributed by atoms with Gasteiger partial charge in [-0.2, -0.15) is 0 Å². The average molecular weight is 334 g/mol. The zero-order valence-electron chi connectivity index (χ0n) is 15.5. The van der Waals surface area contributed by atoms with Crippen LogP contribution in [-0.4, -0.2) is 41.0 Å². The number of carbonyl (C=O) groups excluding carboxylic acids is 2. The summed E-state index contributed by atoms with van der Waals surface area (Å²) in [6.45, 7) is 7.90. The van der Waals surface area contributed by atoms with Crippen LogP contribution < -0.4 is 0 Å². The molecule has 1 aromatic rings. The largest absolute Gasteiger partial charge is 0.461 e. The number of rotatable bonds is 5. The van der Waals surface area contributed by atoms with Gasteiger partial charge < -0.3 is 14.2 Å². The molecular formula is C19H30N2O3. The summed E-state index contributed by atoms with van der Waals surface area (Å²) in [5.74, 6) is -0.0528. The first-order valence-electron chi connectivity index (χ1n) is 9.07. The fourth-order valence-electron chi connectivity index (χ4n) is 3.60. The highest BCUT2D eigenvalue weighted by atomic mass is 16.5. The quantitative estimate of drug-likeness (QED) is 0.777. The molecule has 0 atom stereocenters. The minimum atomic E-state index is -0.286. The number of hydrogen-bond acceptors (Lipinski definition) is 3. The van der Waals surface area contributed by atoms with E-state index in [0.717, 1.165) is 42.8 Å². The molecule has 1 amide bonds. The van der Waals surface area contributed by atoms with E-state index in [0.29, 0.717) is 25.1 Å². The van der Waals surface area contributed by atoms with Crippen LogP contribution in [0.5, 0.6) is 0 Å². The molecule has 0 saturated carbocycles. The van der Waals surface area contributed by atoms with Crippen molar-refractivity contribution in [2.45, 2.75) is 59.3 Å². The minimum absolute atomic E-state index is 0.234. The molecule has 1 saturated heterocycles. The SMILES string of the molecule is CCOC(=O)c1c(C)c(CCC(=O)N2CCCCCC2)c(C)n1C. The maximum Gasteiger partial charge on any atom is 0.355 e. The fourth-order valence-corrected chi connectivity index (χ4v) is 3.60. The Kier molecular flexibility index (Phi) is 6.46. The molecule has 0 bridgehead atoms. The molecule has 24 heavy (non-hydrogen) atoms. The van der Waals surface area contributed by atoms with Gasteiger partial charge in [0, 0.05) is 32.3 Å². The molecule has 2 heterocycles. The first-order chi connectivity index (χ1) is 11.5. The van der Waals surface area contributed by atoms with Crippen molar-refractivity contribution in [1.82, 2.24) is 9.47 Å². The number of carbonyl (C=O) groups is 2. The van der Waals surface area contributed by atoms with Crippen LogP contribution in [0.4, 0.5) is 0 Å². The predicted molar refractivity (Wildman–Crippen MR) is 94.2 cm³/mol. The highest BCUT2D eigenvalue weighted by Gasteiger charge is 2.23. The van der Waals surface area contributed by atoms with Gasteiger partial charge in [0.15, 0.2) is 0 Å². The Bertz CT molecular complexity index is 596. The van der Waals surface area contributed by atoms with Gasteiger partial charge >= 0.3 is 5.97 Å². The van der Waals surface area contributed by atoms with Crippen molar-refractivity contribution in [3.8, 4) is 0 Å². The molecule has 0 aromatic carbocycles. The molecule has 1 aromatic heterocycles. The second-order valence-electron chi connectivity index (χ2n) is 6.61. The number of amides is 1. The molecule has 5 heteroatoms. The van der Waals surface area contributed by atoms with Gasteiger partial charge in [-0.1, -0.05) is 12.8 Å². The van der Waals surface area contributed by atoms with Crippen molar-refractivity contribution in [3.05, 3.63) is 22.5 Å². The second-order valence-corrected chi connectivity index (χ2v) is 6.61. The van der Waals surface area contributed by atoms with Crippen LogP contribution in [0, 0.1) is 13.8 Å². The van der Waals surface area contributed by atoms with Gasteiger partial charge in [-0.3, -0.25) is 4.79 Å². The van der Waals surface area contributed by atoms with Gasteiger partial charge in [0.05, 0.1) is 6.61 Å². The van der Waals surface area contributed by atoms with E-state index in [1.165, 1.54) is 12.8 Å². The topological polar surface area (TPSA) is 51.5 Å². The van der Waals surface area contributed by atoms with E-state index >= 15 is 0 Å². The molecule has 1 fully saturated rings. The minimum Gasteiger partial charge on any atom is -0.461 e. The van der Waals surface area contributed by atoms with Crippen molar-refractivity contribution >= 4 is 11.9 Å². The van der Waals surface area contributed by atoms with Crippen molar-refractivity contribution in [1.29, 1.82) is 0 Å². The van der Waals surface area contributed by atoms with Crippen LogP contribution in [0.25, 0.3) is 0 Å². The zero-order chi connectivity index (χ0) is 17.7. The summed E-state index contributed by atoms with van der Waals surface area (Å²) in [7, 11) is 1.88. The average Bonchev–Trinajstić information content (AvgIpc) is 2.76. The Morgan fingerprint density at radius 2 is 1.71 bits per heavy atom. The van der Waals surface area contributed by atoms with Crippen LogP contribution in [0.1, 0.15) is 66.3 Å². The zero-order valence-corrected chi connectivity index (χ0v) is 15.5. The van der Waals surface area contributed by atoms with E-state index in [4.69, 9.17) is 4.74 Å². The number of aromatic nitrogens is 1. The molecule has 0 N–H and O–H groups in total. The maximum absolute atomic E-state index is 12.5. The smallest absolute Gasteiger partial charge is 0.355 e. The Morgan fingerprint density at radius 3 is 2.29 bits per heavy atom. The third-order valence-electron chi connectivity index (χ3n) is 5.10. The van der Waals surface area contributed by atoms with Crippen LogP contribution in [0.15, 0.2) is 0 Å². The van der Waals surface area contributed by atoms with E-state index < -0.39 is 0 Å². The van der Waals surface area contributed by atoms with Gasteiger partial charge in [-0.05, 0) is 51.2 Å². The van der Waals surface area contributed by atoms with E-state index in [1.54, 1.807) is 0 Å². The lowest BCUT2D eigenvalue weighted by atomic mass is 10.0. The fraction of sp³-hybridized carbons (Fsp3) is 0.684. The van der Waals surface area contributed by atoms with Crippen molar-refractivity contribution in [3.63, 3.8) is 0 Å². The van der Waals surface area contributed by atoms with E-state index in [-0.39, 0.29) is 11.9 Å². The van der Waals surface area contributed by atoms with Crippen molar-refractivity contribution in [2.24, 2.45) is 7.05 Å². The summed E-state index contributed by atoms with van der Waals surface area (Å²) >= 11 is 0. The molecule has 0 aliphatic carbocycles. The molecule has 134 valence electrons. The molecule has 5 nitrogen and oxygen atoms in total. The summed E-state index contributed by atoms with van der Waals surface area (Å²) < 4.78 is 7.05. The molecule has 1 aliphatic heterocycles. The first kappa shape index (κ1) is 18.6. The Labute approximate surface area is 145 Å². The lowest BCUT2D eigenvalue weighted by Crippen LogP contribution is -2.32. The summed E-state index contributed by atoms with van der Waals surface area (Å²) in [5, 5.41) is 0. The number of hydrogen-bond donors (Lipinski definition) is 0. The summed E-state index contributed by atoms with van der Waals surface area (Å²) in [6.07, 6.45) is 5.87. The van der Waals surface area contributed by atoms with E-state index in [9.17, 15) is 9.59 Å². The Hall–Kier alpha value is -1.78. The number of esters is 1. The Balaban J connectivity index is 2.08. The molecule has 2 rings (SSSR count). The molecule has 1 aliphatic rings. The van der Waals surface area contributed by atoms with Crippen molar-refractivity contribution < 1.29 is 14.3 Å². The number of nitrogens with zero attached hydrogens (tertiary/aromatic N) is 2. The van der Waals surface area contributed by atoms with Crippen molar-refractivity contribution in [2.75, 3.05) is 19.7 Å². The van der Waals surface area contributed by atoms with Crippen LogP contribution in [0.2, 0.25) is 0 Å². The highest BCUT2D eigenvalue weighted by Crippen LogP contribution is 2.24. The molecule has 0 spiro atoms. The third-order valence-corrected chi connectivity index (χ3v) is 5.10. The third kappa shape index (κ3) is 4.00. The Morgan fingerprint density at radius 1 is 1.08 bits per heavy atom. The molecular weight excluding hydrogens is 304 g/mol. The molecule has 0 radical (unpaired) electrons. The second kappa shape index (κ2) is 8.36. The normalized spacial score (nSPS) is 15.2. The molecule has 0 unspecified atom stereocenters. The van der Waals surface area contributed by atoms with Gasteiger partial charge in [-0.25, -0.2) is 4.79 Å². The van der Waals surface area contributed by atoms with E-state index in [1.807, 2.05) is 37.3 Å². The van der Waals surface area contributed by atoms with Gasteiger partial charge in [0.25, 0.3) is 0 Å². The monoisotopic (exact) mass is 334 g/mol. The van der Waals surface area contributed by atoms with Crippen LogP contribution >= 0.6 is 0 Å². The van der Waals surface area contributed by atoms with Gasteiger partial charge in [0.1, 0.15) is 5.69 Å². The summed E-state index contributed by atoms with van der Waals surface area (Å²) in [4.78, 5) is 26.7. The highest BCUT2D eigenvalue weighted by molar-refractivity contribution is 5.90. The summed E-state index contributed by atoms with van der Waals surface area (Å²) in [6, 6.07) is 0. The van der Waals surface area contributed by atoms with Gasteiger partial charge in [0.2, 0.25) is 5.91 Å². The summed E-state index contributed by atoms with van der Waals surface area (Å²) in [5.41, 5.74) is 3.69.